The van der Waals surface area contributed by atoms with Crippen molar-refractivity contribution >= 4 is 17.3 Å². The molecule has 1 aliphatic rings. The maximum absolute atomic E-state index is 13.1. The average molecular weight is 285 g/mol. The Morgan fingerprint density at radius 3 is 1.77 bits per heavy atom. The molecule has 3 aromatic rings. The smallest absolute Gasteiger partial charge is 0.262 e. The zero-order valence-corrected chi connectivity index (χ0v) is 12.1. The highest BCUT2D eigenvalue weighted by Gasteiger charge is 2.27. The monoisotopic (exact) mass is 285 g/mol. The number of para-hydroxylation sites is 2. The molecule has 0 radical (unpaired) electrons. The normalized spacial score (nSPS) is 12.5. The molecule has 0 aromatic heterocycles. The van der Waals surface area contributed by atoms with Crippen LogP contribution in [0.15, 0.2) is 78.9 Å². The van der Waals surface area contributed by atoms with Gasteiger partial charge in [0.25, 0.3) is 5.91 Å². The summed E-state index contributed by atoms with van der Waals surface area (Å²) in [5, 5.41) is 0. The van der Waals surface area contributed by atoms with E-state index in [2.05, 4.69) is 12.1 Å². The Hall–Kier alpha value is -2.87. The summed E-state index contributed by atoms with van der Waals surface area (Å²) in [5.74, 6) is 0.0141. The molecule has 0 saturated carbocycles. The van der Waals surface area contributed by atoms with Crippen LogP contribution < -0.4 is 4.90 Å². The first-order valence-corrected chi connectivity index (χ1v) is 7.40. The van der Waals surface area contributed by atoms with E-state index in [0.717, 1.165) is 17.8 Å². The van der Waals surface area contributed by atoms with Gasteiger partial charge in [-0.05, 0) is 35.4 Å². The van der Waals surface area contributed by atoms with Gasteiger partial charge in [0, 0.05) is 12.0 Å². The minimum Gasteiger partial charge on any atom is -0.276 e. The van der Waals surface area contributed by atoms with Gasteiger partial charge in [-0.15, -0.1) is 0 Å². The molecule has 106 valence electrons. The molecular weight excluding hydrogens is 270 g/mol. The van der Waals surface area contributed by atoms with E-state index in [9.17, 15) is 4.79 Å². The van der Waals surface area contributed by atoms with Gasteiger partial charge < -0.3 is 0 Å². The maximum atomic E-state index is 13.1. The van der Waals surface area contributed by atoms with Crippen LogP contribution in [-0.2, 0) is 6.42 Å². The van der Waals surface area contributed by atoms with Gasteiger partial charge in [-0.2, -0.15) is 0 Å². The molecule has 0 saturated heterocycles. The largest absolute Gasteiger partial charge is 0.276 e. The van der Waals surface area contributed by atoms with E-state index >= 15 is 0 Å². The third-order valence-electron chi connectivity index (χ3n) is 4.07. The molecular formula is C20H15NO. The fourth-order valence-corrected chi connectivity index (χ4v) is 3.02. The molecule has 4 rings (SSSR count). The van der Waals surface area contributed by atoms with Crippen LogP contribution in [0.5, 0.6) is 0 Å². The van der Waals surface area contributed by atoms with Gasteiger partial charge in [0.15, 0.2) is 0 Å². The lowest BCUT2D eigenvalue weighted by molar-refractivity contribution is 0.0998. The molecule has 0 unspecified atom stereocenters. The molecule has 22 heavy (non-hydrogen) atoms. The number of fused-ring (bicyclic) bond motifs is 2. The summed E-state index contributed by atoms with van der Waals surface area (Å²) in [6.45, 7) is 0. The summed E-state index contributed by atoms with van der Waals surface area (Å²) in [5.41, 5.74) is 5.04. The molecule has 3 aromatic carbocycles. The zero-order valence-electron chi connectivity index (χ0n) is 12.1. The first kappa shape index (κ1) is 12.8. The highest BCUT2D eigenvalue weighted by atomic mass is 16.2. The predicted octanol–water partition coefficient (Wildman–Crippen LogP) is 4.57. The molecule has 1 amide bonds. The summed E-state index contributed by atoms with van der Waals surface area (Å²) in [6.07, 6.45) is 0.866. The van der Waals surface area contributed by atoms with Crippen molar-refractivity contribution in [3.05, 3.63) is 95.6 Å². The Morgan fingerprint density at radius 2 is 1.18 bits per heavy atom. The van der Waals surface area contributed by atoms with Gasteiger partial charge in [0.2, 0.25) is 0 Å². The van der Waals surface area contributed by atoms with Gasteiger partial charge >= 0.3 is 0 Å². The van der Waals surface area contributed by atoms with Crippen molar-refractivity contribution in [2.45, 2.75) is 6.42 Å². The van der Waals surface area contributed by atoms with Crippen LogP contribution in [0.25, 0.3) is 0 Å². The van der Waals surface area contributed by atoms with Crippen LogP contribution in [-0.4, -0.2) is 5.91 Å². The van der Waals surface area contributed by atoms with Gasteiger partial charge in [0.05, 0.1) is 11.4 Å². The van der Waals surface area contributed by atoms with E-state index < -0.39 is 0 Å². The van der Waals surface area contributed by atoms with Crippen molar-refractivity contribution in [3.63, 3.8) is 0 Å². The van der Waals surface area contributed by atoms with Crippen molar-refractivity contribution in [2.24, 2.45) is 0 Å². The topological polar surface area (TPSA) is 20.3 Å². The van der Waals surface area contributed by atoms with E-state index in [1.54, 1.807) is 0 Å². The molecule has 2 nitrogen and oxygen atoms in total. The van der Waals surface area contributed by atoms with E-state index in [1.807, 2.05) is 71.6 Å². The minimum atomic E-state index is 0.0141. The Morgan fingerprint density at radius 1 is 0.682 bits per heavy atom. The first-order chi connectivity index (χ1) is 10.8. The molecule has 0 fully saturated rings. The van der Waals surface area contributed by atoms with Crippen molar-refractivity contribution in [1.29, 1.82) is 0 Å². The van der Waals surface area contributed by atoms with E-state index in [-0.39, 0.29) is 5.91 Å². The van der Waals surface area contributed by atoms with E-state index in [4.69, 9.17) is 0 Å². The second kappa shape index (κ2) is 5.15. The second-order valence-corrected chi connectivity index (χ2v) is 5.44. The second-order valence-electron chi connectivity index (χ2n) is 5.44. The van der Waals surface area contributed by atoms with Gasteiger partial charge in [-0.1, -0.05) is 54.6 Å². The van der Waals surface area contributed by atoms with Crippen LogP contribution in [0.1, 0.15) is 21.5 Å². The highest BCUT2D eigenvalue weighted by molar-refractivity contribution is 6.12. The molecule has 0 spiro atoms. The van der Waals surface area contributed by atoms with E-state index in [0.29, 0.717) is 5.56 Å². The number of rotatable bonds is 1. The van der Waals surface area contributed by atoms with Crippen molar-refractivity contribution < 1.29 is 4.79 Å². The number of carbonyl (C=O) groups excluding carboxylic acids is 1. The van der Waals surface area contributed by atoms with Crippen LogP contribution in [0.4, 0.5) is 11.4 Å². The van der Waals surface area contributed by atoms with E-state index in [1.165, 1.54) is 11.1 Å². The number of amides is 1. The summed E-state index contributed by atoms with van der Waals surface area (Å²) in [4.78, 5) is 14.9. The quantitative estimate of drug-likeness (QED) is 0.641. The molecule has 1 aliphatic heterocycles. The highest BCUT2D eigenvalue weighted by Crippen LogP contribution is 2.39. The fourth-order valence-electron chi connectivity index (χ4n) is 3.02. The Balaban J connectivity index is 1.90. The average Bonchev–Trinajstić information content (AvgIpc) is 2.60. The third-order valence-corrected chi connectivity index (χ3v) is 4.07. The summed E-state index contributed by atoms with van der Waals surface area (Å²) in [7, 11) is 0. The SMILES string of the molecule is O=C(c1ccccc1)N1c2ccccc2Cc2ccccc21. The first-order valence-electron chi connectivity index (χ1n) is 7.40. The third kappa shape index (κ3) is 2.01. The minimum absolute atomic E-state index is 0.0141. The van der Waals surface area contributed by atoms with Crippen molar-refractivity contribution in [3.8, 4) is 0 Å². The number of nitrogens with zero attached hydrogens (tertiary/aromatic N) is 1. The Kier molecular flexibility index (Phi) is 3.01. The van der Waals surface area contributed by atoms with Crippen LogP contribution in [0.2, 0.25) is 0 Å². The lowest BCUT2D eigenvalue weighted by atomic mass is 9.95. The number of hydrogen-bond acceptors (Lipinski definition) is 1. The molecule has 0 N–H and O–H groups in total. The van der Waals surface area contributed by atoms with Crippen LogP contribution >= 0.6 is 0 Å². The van der Waals surface area contributed by atoms with Crippen LogP contribution in [0, 0.1) is 0 Å². The molecule has 1 heterocycles. The zero-order chi connectivity index (χ0) is 14.9. The summed E-state index contributed by atoms with van der Waals surface area (Å²) in [6, 6.07) is 25.7. The summed E-state index contributed by atoms with van der Waals surface area (Å²) >= 11 is 0. The number of carbonyl (C=O) groups is 1. The fraction of sp³-hybridized carbons (Fsp3) is 0.0500. The maximum Gasteiger partial charge on any atom is 0.262 e. The van der Waals surface area contributed by atoms with Gasteiger partial charge in [-0.3, -0.25) is 9.69 Å². The number of hydrogen-bond donors (Lipinski definition) is 0. The standard InChI is InChI=1S/C20H15NO/c22-20(15-8-2-1-3-9-15)21-18-12-6-4-10-16(18)14-17-11-5-7-13-19(17)21/h1-13H,14H2. The molecule has 2 heteroatoms. The lowest BCUT2D eigenvalue weighted by Gasteiger charge is -2.31. The molecule has 0 bridgehead atoms. The van der Waals surface area contributed by atoms with Crippen molar-refractivity contribution in [2.75, 3.05) is 4.90 Å². The van der Waals surface area contributed by atoms with Gasteiger partial charge in [-0.25, -0.2) is 0 Å². The number of anilines is 2. The van der Waals surface area contributed by atoms with Crippen LogP contribution in [0.3, 0.4) is 0 Å². The Labute approximate surface area is 129 Å². The lowest BCUT2D eigenvalue weighted by Crippen LogP contribution is -2.30. The number of benzene rings is 3. The molecule has 0 atom stereocenters. The van der Waals surface area contributed by atoms with Gasteiger partial charge in [0.1, 0.15) is 0 Å². The molecule has 0 aliphatic carbocycles. The van der Waals surface area contributed by atoms with Crippen molar-refractivity contribution in [1.82, 2.24) is 0 Å². The predicted molar refractivity (Wildman–Crippen MR) is 88.6 cm³/mol. The Bertz CT molecular complexity index is 794. The summed E-state index contributed by atoms with van der Waals surface area (Å²) < 4.78 is 0.